The summed E-state index contributed by atoms with van der Waals surface area (Å²) in [6, 6.07) is 3.96. The number of nitrogens with two attached hydrogens (primary N) is 1. The van der Waals surface area contributed by atoms with Crippen molar-refractivity contribution in [3.63, 3.8) is 0 Å². The number of nitrogens with zero attached hydrogens (tertiary/aromatic N) is 3. The summed E-state index contributed by atoms with van der Waals surface area (Å²) in [6.45, 7) is 0.541. The quantitative estimate of drug-likeness (QED) is 0.482. The molecule has 1 aliphatic rings. The van der Waals surface area contributed by atoms with Crippen molar-refractivity contribution in [3.05, 3.63) is 28.3 Å². The lowest BCUT2D eigenvalue weighted by Crippen LogP contribution is -2.51. The summed E-state index contributed by atoms with van der Waals surface area (Å²) in [6.07, 6.45) is 2.36. The maximum absolute atomic E-state index is 12.4. The largest absolute Gasteiger partial charge is 0.368 e. The first-order valence-electron chi connectivity index (χ1n) is 7.72. The summed E-state index contributed by atoms with van der Waals surface area (Å²) in [5.41, 5.74) is 6.07. The molecule has 1 aliphatic heterocycles. The molecule has 10 heteroatoms. The van der Waals surface area contributed by atoms with Crippen molar-refractivity contribution in [2.45, 2.75) is 29.6 Å². The van der Waals surface area contributed by atoms with Crippen LogP contribution in [-0.2, 0) is 9.59 Å². The van der Waals surface area contributed by atoms with E-state index in [9.17, 15) is 19.7 Å². The van der Waals surface area contributed by atoms with E-state index in [1.807, 2.05) is 0 Å². The van der Waals surface area contributed by atoms with E-state index in [-0.39, 0.29) is 17.3 Å². The van der Waals surface area contributed by atoms with E-state index in [0.717, 1.165) is 12.8 Å². The number of fused-ring (bicyclic) bond motifs is 1. The molecule has 1 atom stereocenters. The van der Waals surface area contributed by atoms with Gasteiger partial charge in [0, 0.05) is 18.7 Å². The van der Waals surface area contributed by atoms with Crippen molar-refractivity contribution in [2.24, 2.45) is 5.73 Å². The van der Waals surface area contributed by atoms with Gasteiger partial charge in [-0.1, -0.05) is 11.8 Å². The van der Waals surface area contributed by atoms with Crippen LogP contribution in [0.3, 0.4) is 0 Å². The Morgan fingerprint density at radius 3 is 2.96 bits per heavy atom. The second-order valence-corrected chi connectivity index (χ2v) is 7.93. The van der Waals surface area contributed by atoms with Gasteiger partial charge in [0.25, 0.3) is 5.69 Å². The topological polar surface area (TPSA) is 119 Å². The standard InChI is InChI=1S/C15H16N4O4S2/c16-14(21)11-3-1-2-6-18(11)13(20)8-24-15-17-10-5-4-9(19(22)23)7-12(10)25-15/h4-5,7,11H,1-3,6,8H2,(H2,16,21)/t11-/m0/s1. The number of benzene rings is 1. The van der Waals surface area contributed by atoms with Gasteiger partial charge >= 0.3 is 0 Å². The molecule has 132 valence electrons. The Morgan fingerprint density at radius 1 is 1.44 bits per heavy atom. The van der Waals surface area contributed by atoms with Crippen molar-refractivity contribution in [1.29, 1.82) is 0 Å². The molecule has 0 radical (unpaired) electrons. The normalized spacial score (nSPS) is 17.6. The van der Waals surface area contributed by atoms with Gasteiger partial charge in [0.1, 0.15) is 6.04 Å². The molecule has 1 aromatic heterocycles. The number of aromatic nitrogens is 1. The van der Waals surface area contributed by atoms with Crippen molar-refractivity contribution in [1.82, 2.24) is 9.88 Å². The number of thioether (sulfide) groups is 1. The number of nitro groups is 1. The predicted molar refractivity (Wildman–Crippen MR) is 95.5 cm³/mol. The van der Waals surface area contributed by atoms with Gasteiger partial charge in [0.2, 0.25) is 11.8 Å². The molecule has 8 nitrogen and oxygen atoms in total. The Balaban J connectivity index is 1.68. The molecule has 0 unspecified atom stereocenters. The van der Waals surface area contributed by atoms with E-state index >= 15 is 0 Å². The van der Waals surface area contributed by atoms with Crippen LogP contribution in [0.25, 0.3) is 10.2 Å². The van der Waals surface area contributed by atoms with E-state index in [1.165, 1.54) is 35.2 Å². The third kappa shape index (κ3) is 3.90. The maximum Gasteiger partial charge on any atom is 0.270 e. The Morgan fingerprint density at radius 2 is 2.24 bits per heavy atom. The molecule has 1 saturated heterocycles. The SMILES string of the molecule is NC(=O)[C@@H]1CCCCN1C(=O)CSc1nc2ccc([N+](=O)[O-])cc2s1. The number of primary amides is 1. The number of piperidine rings is 1. The van der Waals surface area contributed by atoms with E-state index < -0.39 is 16.9 Å². The Kier molecular flexibility index (Phi) is 5.19. The monoisotopic (exact) mass is 380 g/mol. The first kappa shape index (κ1) is 17.6. The van der Waals surface area contributed by atoms with Gasteiger partial charge in [0.15, 0.2) is 4.34 Å². The second kappa shape index (κ2) is 7.36. The highest BCUT2D eigenvalue weighted by atomic mass is 32.2. The van der Waals surface area contributed by atoms with E-state index in [2.05, 4.69) is 4.98 Å². The van der Waals surface area contributed by atoms with Crippen LogP contribution in [0.4, 0.5) is 5.69 Å². The summed E-state index contributed by atoms with van der Waals surface area (Å²) < 4.78 is 1.37. The van der Waals surface area contributed by atoms with Crippen molar-refractivity contribution >= 4 is 50.8 Å². The van der Waals surface area contributed by atoms with Crippen LogP contribution in [0.1, 0.15) is 19.3 Å². The van der Waals surface area contributed by atoms with Crippen LogP contribution in [0.15, 0.2) is 22.5 Å². The molecule has 1 aromatic carbocycles. The minimum Gasteiger partial charge on any atom is -0.368 e. The molecule has 25 heavy (non-hydrogen) atoms. The number of thiazole rings is 1. The van der Waals surface area contributed by atoms with Crippen LogP contribution in [-0.4, -0.2) is 45.0 Å². The lowest BCUT2D eigenvalue weighted by atomic mass is 10.0. The molecule has 0 aliphatic carbocycles. The van der Waals surface area contributed by atoms with Crippen LogP contribution in [0.2, 0.25) is 0 Å². The molecule has 2 aromatic rings. The Labute approximate surface area is 151 Å². The molecule has 2 heterocycles. The Bertz CT molecular complexity index is 838. The fourth-order valence-corrected chi connectivity index (χ4v) is 4.79. The van der Waals surface area contributed by atoms with Gasteiger partial charge in [-0.05, 0) is 25.3 Å². The number of hydrogen-bond acceptors (Lipinski definition) is 7. The minimum atomic E-state index is -0.528. The Hall–Kier alpha value is -2.20. The molecule has 2 N–H and O–H groups in total. The number of amides is 2. The fourth-order valence-electron chi connectivity index (χ4n) is 2.80. The van der Waals surface area contributed by atoms with Gasteiger partial charge in [0.05, 0.1) is 20.9 Å². The van der Waals surface area contributed by atoms with Crippen molar-refractivity contribution in [3.8, 4) is 0 Å². The zero-order chi connectivity index (χ0) is 18.0. The van der Waals surface area contributed by atoms with Gasteiger partial charge in [-0.2, -0.15) is 0 Å². The highest BCUT2D eigenvalue weighted by Gasteiger charge is 2.30. The second-order valence-electron chi connectivity index (χ2n) is 5.68. The van der Waals surface area contributed by atoms with Gasteiger partial charge < -0.3 is 10.6 Å². The minimum absolute atomic E-state index is 0.0152. The fraction of sp³-hybridized carbons (Fsp3) is 0.400. The number of rotatable bonds is 5. The van der Waals surface area contributed by atoms with E-state index in [0.29, 0.717) is 27.5 Å². The summed E-state index contributed by atoms with van der Waals surface area (Å²) >= 11 is 2.58. The lowest BCUT2D eigenvalue weighted by molar-refractivity contribution is -0.384. The molecule has 2 amide bonds. The molecule has 3 rings (SSSR count). The lowest BCUT2D eigenvalue weighted by Gasteiger charge is -2.33. The molecular formula is C15H16N4O4S2. The van der Waals surface area contributed by atoms with E-state index in [1.54, 1.807) is 11.0 Å². The molecule has 0 spiro atoms. The highest BCUT2D eigenvalue weighted by Crippen LogP contribution is 2.32. The van der Waals surface area contributed by atoms with Gasteiger partial charge in [-0.25, -0.2) is 4.98 Å². The predicted octanol–water partition coefficient (Wildman–Crippen LogP) is 2.16. The van der Waals surface area contributed by atoms with Crippen molar-refractivity contribution in [2.75, 3.05) is 12.3 Å². The first-order chi connectivity index (χ1) is 12.0. The molecule has 0 bridgehead atoms. The number of hydrogen-bond donors (Lipinski definition) is 1. The van der Waals surface area contributed by atoms with Crippen LogP contribution < -0.4 is 5.73 Å². The molecule has 0 saturated carbocycles. The zero-order valence-electron chi connectivity index (χ0n) is 13.2. The first-order valence-corrected chi connectivity index (χ1v) is 9.52. The van der Waals surface area contributed by atoms with Crippen LogP contribution in [0, 0.1) is 10.1 Å². The summed E-state index contributed by atoms with van der Waals surface area (Å²) in [5.74, 6) is -0.449. The third-order valence-corrected chi connectivity index (χ3v) is 6.18. The van der Waals surface area contributed by atoms with Crippen LogP contribution in [0.5, 0.6) is 0 Å². The number of nitro benzene ring substituents is 1. The van der Waals surface area contributed by atoms with E-state index in [4.69, 9.17) is 5.73 Å². The average Bonchev–Trinajstić information content (AvgIpc) is 3.01. The summed E-state index contributed by atoms with van der Waals surface area (Å²) in [5, 5.41) is 10.8. The highest BCUT2D eigenvalue weighted by molar-refractivity contribution is 8.01. The smallest absolute Gasteiger partial charge is 0.270 e. The zero-order valence-corrected chi connectivity index (χ0v) is 14.8. The van der Waals surface area contributed by atoms with Crippen LogP contribution >= 0.6 is 23.1 Å². The third-order valence-electron chi connectivity index (χ3n) is 4.03. The molecular weight excluding hydrogens is 364 g/mol. The summed E-state index contributed by atoms with van der Waals surface area (Å²) in [7, 11) is 0. The maximum atomic E-state index is 12.4. The van der Waals surface area contributed by atoms with Crippen molar-refractivity contribution < 1.29 is 14.5 Å². The summed E-state index contributed by atoms with van der Waals surface area (Å²) in [4.78, 5) is 40.2. The number of non-ortho nitro benzene ring substituents is 1. The number of likely N-dealkylation sites (tertiary alicyclic amines) is 1. The number of carbonyl (C=O) groups is 2. The van der Waals surface area contributed by atoms with Gasteiger partial charge in [-0.3, -0.25) is 19.7 Å². The van der Waals surface area contributed by atoms with Gasteiger partial charge in [-0.15, -0.1) is 11.3 Å². The molecule has 1 fully saturated rings. The average molecular weight is 380 g/mol. The number of carbonyl (C=O) groups excluding carboxylic acids is 2.